The number of benzene rings is 1. The van der Waals surface area contributed by atoms with Gasteiger partial charge < -0.3 is 5.32 Å². The van der Waals surface area contributed by atoms with E-state index < -0.39 is 0 Å². The predicted octanol–water partition coefficient (Wildman–Crippen LogP) is 3.19. The molecule has 3 rings (SSSR count). The van der Waals surface area contributed by atoms with E-state index in [9.17, 15) is 0 Å². The molecule has 0 fully saturated rings. The Morgan fingerprint density at radius 1 is 1.10 bits per heavy atom. The molecule has 0 saturated heterocycles. The molecule has 4 heteroatoms. The summed E-state index contributed by atoms with van der Waals surface area (Å²) in [5.74, 6) is 0. The highest BCUT2D eigenvalue weighted by Gasteiger charge is 1.98. The molecule has 0 aliphatic heterocycles. The zero-order chi connectivity index (χ0) is 13.8. The number of aryl methyl sites for hydroxylation is 1. The molecule has 1 aromatic carbocycles. The summed E-state index contributed by atoms with van der Waals surface area (Å²) in [5, 5.41) is 7.61. The van der Waals surface area contributed by atoms with Crippen LogP contribution in [0.5, 0.6) is 0 Å². The Bertz CT molecular complexity index is 672. The molecule has 20 heavy (non-hydrogen) atoms. The molecule has 0 spiro atoms. The van der Waals surface area contributed by atoms with E-state index >= 15 is 0 Å². The monoisotopic (exact) mass is 264 g/mol. The second-order valence-corrected chi connectivity index (χ2v) is 4.66. The molecule has 0 amide bonds. The van der Waals surface area contributed by atoms with Crippen molar-refractivity contribution < 1.29 is 0 Å². The Kier molecular flexibility index (Phi) is 3.46. The van der Waals surface area contributed by atoms with Crippen molar-refractivity contribution in [3.63, 3.8) is 0 Å². The van der Waals surface area contributed by atoms with Gasteiger partial charge in [-0.05, 0) is 42.8 Å². The molecule has 4 nitrogen and oxygen atoms in total. The minimum Gasteiger partial charge on any atom is -0.381 e. The van der Waals surface area contributed by atoms with Crippen molar-refractivity contribution in [1.29, 1.82) is 0 Å². The van der Waals surface area contributed by atoms with E-state index in [0.29, 0.717) is 0 Å². The highest BCUT2D eigenvalue weighted by atomic mass is 15.3. The van der Waals surface area contributed by atoms with Gasteiger partial charge in [-0.25, -0.2) is 4.68 Å². The minimum absolute atomic E-state index is 0.794. The first-order valence-corrected chi connectivity index (χ1v) is 6.57. The van der Waals surface area contributed by atoms with Crippen LogP contribution in [-0.2, 0) is 6.54 Å². The molecule has 0 bridgehead atoms. The van der Waals surface area contributed by atoms with Gasteiger partial charge in [0, 0.05) is 36.5 Å². The average Bonchev–Trinajstić information content (AvgIpc) is 3.00. The van der Waals surface area contributed by atoms with Crippen LogP contribution in [0.25, 0.3) is 5.69 Å². The van der Waals surface area contributed by atoms with Crippen molar-refractivity contribution in [3.8, 4) is 5.69 Å². The fourth-order valence-electron chi connectivity index (χ4n) is 2.05. The minimum atomic E-state index is 0.794. The molecule has 0 unspecified atom stereocenters. The van der Waals surface area contributed by atoms with Crippen LogP contribution in [0, 0.1) is 6.92 Å². The van der Waals surface area contributed by atoms with Crippen molar-refractivity contribution in [3.05, 3.63) is 72.3 Å². The summed E-state index contributed by atoms with van der Waals surface area (Å²) < 4.78 is 1.85. The first-order chi connectivity index (χ1) is 9.81. The van der Waals surface area contributed by atoms with Crippen LogP contribution in [0.1, 0.15) is 11.3 Å². The molecule has 3 aromatic rings. The van der Waals surface area contributed by atoms with E-state index in [1.54, 1.807) is 6.20 Å². The fourth-order valence-corrected chi connectivity index (χ4v) is 2.05. The third-order valence-electron chi connectivity index (χ3n) is 3.10. The van der Waals surface area contributed by atoms with Gasteiger partial charge >= 0.3 is 0 Å². The molecule has 2 heterocycles. The number of nitrogens with zero attached hydrogens (tertiary/aromatic N) is 3. The zero-order valence-electron chi connectivity index (χ0n) is 11.3. The summed E-state index contributed by atoms with van der Waals surface area (Å²) in [6.45, 7) is 2.78. The summed E-state index contributed by atoms with van der Waals surface area (Å²) in [7, 11) is 0. The Morgan fingerprint density at radius 3 is 2.65 bits per heavy atom. The molecule has 2 aromatic heterocycles. The van der Waals surface area contributed by atoms with Crippen molar-refractivity contribution in [2.45, 2.75) is 13.5 Å². The maximum atomic E-state index is 4.21. The first kappa shape index (κ1) is 12.4. The van der Waals surface area contributed by atoms with Gasteiger partial charge in [0.2, 0.25) is 0 Å². The number of pyridine rings is 1. The molecule has 0 saturated carbocycles. The highest BCUT2D eigenvalue weighted by molar-refractivity contribution is 5.44. The molecule has 0 aliphatic rings. The molecular weight excluding hydrogens is 248 g/mol. The van der Waals surface area contributed by atoms with E-state index in [0.717, 1.165) is 23.6 Å². The van der Waals surface area contributed by atoms with Crippen LogP contribution in [0.2, 0.25) is 0 Å². The highest BCUT2D eigenvalue weighted by Crippen LogP contribution is 2.12. The Labute approximate surface area is 118 Å². The van der Waals surface area contributed by atoms with Gasteiger partial charge in [0.25, 0.3) is 0 Å². The lowest BCUT2D eigenvalue weighted by Gasteiger charge is -2.08. The maximum Gasteiger partial charge on any atom is 0.0645 e. The van der Waals surface area contributed by atoms with E-state index in [1.165, 1.54) is 5.56 Å². The largest absolute Gasteiger partial charge is 0.381 e. The summed E-state index contributed by atoms with van der Waals surface area (Å²) >= 11 is 0. The Balaban J connectivity index is 1.67. The average molecular weight is 264 g/mol. The number of rotatable bonds is 4. The molecule has 0 radical (unpaired) electrons. The third-order valence-corrected chi connectivity index (χ3v) is 3.10. The van der Waals surface area contributed by atoms with Crippen molar-refractivity contribution in [2.24, 2.45) is 0 Å². The van der Waals surface area contributed by atoms with E-state index in [2.05, 4.69) is 39.7 Å². The van der Waals surface area contributed by atoms with Gasteiger partial charge in [0.05, 0.1) is 5.69 Å². The number of hydrogen-bond donors (Lipinski definition) is 1. The van der Waals surface area contributed by atoms with Gasteiger partial charge in [-0.2, -0.15) is 5.10 Å². The summed E-state index contributed by atoms with van der Waals surface area (Å²) in [4.78, 5) is 4.19. The third kappa shape index (κ3) is 2.85. The fraction of sp³-hybridized carbons (Fsp3) is 0.125. The van der Waals surface area contributed by atoms with E-state index in [4.69, 9.17) is 0 Å². The van der Waals surface area contributed by atoms with Crippen molar-refractivity contribution in [2.75, 3.05) is 5.32 Å². The maximum absolute atomic E-state index is 4.21. The molecule has 100 valence electrons. The van der Waals surface area contributed by atoms with E-state index in [-0.39, 0.29) is 0 Å². The lowest BCUT2D eigenvalue weighted by Crippen LogP contribution is -2.01. The second-order valence-electron chi connectivity index (χ2n) is 4.66. The van der Waals surface area contributed by atoms with Crippen LogP contribution in [0.3, 0.4) is 0 Å². The normalized spacial score (nSPS) is 10.4. The molecule has 0 aliphatic carbocycles. The number of nitrogens with one attached hydrogen (secondary N) is 1. The lowest BCUT2D eigenvalue weighted by molar-refractivity contribution is 0.879. The number of hydrogen-bond acceptors (Lipinski definition) is 3. The molecular formula is C16H16N4. The standard InChI is InChI=1S/C16H16N4/c1-13-11-15(7-9-17-13)18-12-14-3-5-16(6-4-14)20-10-2-8-19-20/h2-11H,12H2,1H3,(H,17,18). The van der Waals surface area contributed by atoms with Gasteiger partial charge in [0.1, 0.15) is 0 Å². The van der Waals surface area contributed by atoms with Gasteiger partial charge in [0.15, 0.2) is 0 Å². The Morgan fingerprint density at radius 2 is 1.95 bits per heavy atom. The van der Waals surface area contributed by atoms with Crippen LogP contribution in [0.4, 0.5) is 5.69 Å². The van der Waals surface area contributed by atoms with Crippen LogP contribution in [0.15, 0.2) is 61.1 Å². The number of anilines is 1. The van der Waals surface area contributed by atoms with Crippen LogP contribution < -0.4 is 5.32 Å². The first-order valence-electron chi connectivity index (χ1n) is 6.57. The van der Waals surface area contributed by atoms with Gasteiger partial charge in [-0.3, -0.25) is 4.98 Å². The predicted molar refractivity (Wildman–Crippen MR) is 79.9 cm³/mol. The molecule has 0 atom stereocenters. The zero-order valence-corrected chi connectivity index (χ0v) is 11.3. The quantitative estimate of drug-likeness (QED) is 0.787. The lowest BCUT2D eigenvalue weighted by atomic mass is 10.2. The van der Waals surface area contributed by atoms with Crippen molar-refractivity contribution >= 4 is 5.69 Å². The van der Waals surface area contributed by atoms with Crippen LogP contribution >= 0.6 is 0 Å². The summed E-state index contributed by atoms with van der Waals surface area (Å²) in [5.41, 5.74) is 4.41. The van der Waals surface area contributed by atoms with Gasteiger partial charge in [-0.1, -0.05) is 12.1 Å². The smallest absolute Gasteiger partial charge is 0.0645 e. The summed E-state index contributed by atoms with van der Waals surface area (Å²) in [6.07, 6.45) is 5.53. The second kappa shape index (κ2) is 5.57. The SMILES string of the molecule is Cc1cc(NCc2ccc(-n3cccn3)cc2)ccn1. The Hall–Kier alpha value is -2.62. The van der Waals surface area contributed by atoms with Gasteiger partial charge in [-0.15, -0.1) is 0 Å². The van der Waals surface area contributed by atoms with Crippen LogP contribution in [-0.4, -0.2) is 14.8 Å². The van der Waals surface area contributed by atoms with E-state index in [1.807, 2.05) is 42.2 Å². The number of aromatic nitrogens is 3. The topological polar surface area (TPSA) is 42.7 Å². The molecule has 1 N–H and O–H groups in total. The van der Waals surface area contributed by atoms with Crippen molar-refractivity contribution in [1.82, 2.24) is 14.8 Å². The summed E-state index contributed by atoms with van der Waals surface area (Å²) in [6, 6.07) is 14.3.